The normalized spacial score (nSPS) is 22.6. The zero-order valence-corrected chi connectivity index (χ0v) is 13.6. The van der Waals surface area contributed by atoms with Crippen molar-refractivity contribution in [3.8, 4) is 0 Å². The van der Waals surface area contributed by atoms with Crippen LogP contribution in [0.15, 0.2) is 12.1 Å². The maximum absolute atomic E-state index is 6.48. The summed E-state index contributed by atoms with van der Waals surface area (Å²) >= 11 is 19.1. The second kappa shape index (κ2) is 6.41. The molecule has 3 rings (SSSR count). The second-order valence-electron chi connectivity index (χ2n) is 5.68. The van der Waals surface area contributed by atoms with E-state index in [1.807, 2.05) is 6.07 Å². The summed E-state index contributed by atoms with van der Waals surface area (Å²) in [5.74, 6) is 0.654. The molecule has 1 aromatic rings. The van der Waals surface area contributed by atoms with Crippen LogP contribution in [0.25, 0.3) is 0 Å². The summed E-state index contributed by atoms with van der Waals surface area (Å²) in [6.45, 7) is 4.14. The number of hydrogen-bond donors (Lipinski definition) is 1. The molecular weight excluding hydrogens is 315 g/mol. The van der Waals surface area contributed by atoms with Crippen LogP contribution < -0.4 is 5.32 Å². The van der Waals surface area contributed by atoms with Crippen molar-refractivity contribution in [1.82, 2.24) is 10.2 Å². The molecule has 0 amide bonds. The van der Waals surface area contributed by atoms with Gasteiger partial charge in [-0.05, 0) is 30.9 Å². The predicted octanol–water partition coefficient (Wildman–Crippen LogP) is 4.39. The molecule has 1 N–H and O–H groups in total. The van der Waals surface area contributed by atoms with E-state index in [4.69, 9.17) is 34.8 Å². The number of benzene rings is 1. The molecule has 0 spiro atoms. The van der Waals surface area contributed by atoms with Crippen LogP contribution in [0.5, 0.6) is 0 Å². The van der Waals surface area contributed by atoms with E-state index in [2.05, 4.69) is 10.2 Å². The highest BCUT2D eigenvalue weighted by Crippen LogP contribution is 2.47. The molecule has 1 aliphatic carbocycles. The van der Waals surface area contributed by atoms with Crippen LogP contribution in [0.2, 0.25) is 15.1 Å². The number of nitrogens with one attached hydrogen (secondary N) is 1. The van der Waals surface area contributed by atoms with Gasteiger partial charge in [-0.15, -0.1) is 0 Å². The molecule has 1 saturated heterocycles. The second-order valence-corrected chi connectivity index (χ2v) is 6.87. The molecule has 110 valence electrons. The molecule has 0 unspecified atom stereocenters. The van der Waals surface area contributed by atoms with Crippen LogP contribution in [-0.2, 0) is 0 Å². The lowest BCUT2D eigenvalue weighted by Crippen LogP contribution is -2.48. The Labute approximate surface area is 135 Å². The minimum atomic E-state index is 0.310. The van der Waals surface area contributed by atoms with Crippen molar-refractivity contribution in [1.29, 1.82) is 0 Å². The van der Waals surface area contributed by atoms with Crippen molar-refractivity contribution in [3.05, 3.63) is 32.8 Å². The molecule has 0 aromatic heterocycles. The van der Waals surface area contributed by atoms with Crippen molar-refractivity contribution in [2.24, 2.45) is 5.92 Å². The number of halogens is 3. The number of nitrogens with zero attached hydrogens (tertiary/aromatic N) is 1. The van der Waals surface area contributed by atoms with E-state index in [1.54, 1.807) is 6.07 Å². The maximum Gasteiger partial charge on any atom is 0.0655 e. The molecular formula is C15H19Cl3N2. The van der Waals surface area contributed by atoms with Crippen LogP contribution in [0.3, 0.4) is 0 Å². The molecule has 5 heteroatoms. The van der Waals surface area contributed by atoms with E-state index in [9.17, 15) is 0 Å². The Bertz CT molecular complexity index is 482. The third-order valence-corrected chi connectivity index (χ3v) is 5.67. The summed E-state index contributed by atoms with van der Waals surface area (Å²) in [6, 6.07) is 3.97. The number of rotatable bonds is 3. The molecule has 1 aromatic carbocycles. The highest BCUT2D eigenvalue weighted by atomic mass is 35.5. The lowest BCUT2D eigenvalue weighted by molar-refractivity contribution is 0.0838. The van der Waals surface area contributed by atoms with E-state index in [0.717, 1.165) is 36.8 Å². The fraction of sp³-hybridized carbons (Fsp3) is 0.600. The van der Waals surface area contributed by atoms with Crippen molar-refractivity contribution in [3.63, 3.8) is 0 Å². The Morgan fingerprint density at radius 3 is 2.30 bits per heavy atom. The molecule has 1 heterocycles. The first-order chi connectivity index (χ1) is 9.68. The fourth-order valence-electron chi connectivity index (χ4n) is 3.25. The van der Waals surface area contributed by atoms with Crippen molar-refractivity contribution < 1.29 is 0 Å². The minimum absolute atomic E-state index is 0.310. The summed E-state index contributed by atoms with van der Waals surface area (Å²) in [5, 5.41) is 5.38. The fourth-order valence-corrected chi connectivity index (χ4v) is 4.01. The van der Waals surface area contributed by atoms with Gasteiger partial charge in [0.2, 0.25) is 0 Å². The van der Waals surface area contributed by atoms with Crippen LogP contribution in [-0.4, -0.2) is 31.1 Å². The summed E-state index contributed by atoms with van der Waals surface area (Å²) in [4.78, 5) is 2.52. The molecule has 20 heavy (non-hydrogen) atoms. The van der Waals surface area contributed by atoms with Gasteiger partial charge in [0, 0.05) is 42.8 Å². The van der Waals surface area contributed by atoms with E-state index in [0.29, 0.717) is 22.0 Å². The Morgan fingerprint density at radius 1 is 1.05 bits per heavy atom. The molecule has 2 aliphatic rings. The molecule has 2 fully saturated rings. The van der Waals surface area contributed by atoms with Gasteiger partial charge in [-0.25, -0.2) is 0 Å². The number of hydrogen-bond acceptors (Lipinski definition) is 2. The first kappa shape index (κ1) is 14.9. The van der Waals surface area contributed by atoms with Gasteiger partial charge in [-0.3, -0.25) is 4.90 Å². The van der Waals surface area contributed by atoms with Crippen LogP contribution in [0.4, 0.5) is 0 Å². The van der Waals surface area contributed by atoms with Crippen molar-refractivity contribution in [2.45, 2.75) is 25.3 Å². The van der Waals surface area contributed by atoms with E-state index >= 15 is 0 Å². The zero-order valence-electron chi connectivity index (χ0n) is 11.3. The average Bonchev–Trinajstić information content (AvgIpc) is 2.41. The van der Waals surface area contributed by atoms with Gasteiger partial charge in [-0.1, -0.05) is 41.2 Å². The van der Waals surface area contributed by atoms with Gasteiger partial charge >= 0.3 is 0 Å². The average molecular weight is 334 g/mol. The molecule has 0 bridgehead atoms. The molecule has 2 nitrogen and oxygen atoms in total. The van der Waals surface area contributed by atoms with E-state index in [1.165, 1.54) is 19.3 Å². The first-order valence-corrected chi connectivity index (χ1v) is 8.40. The van der Waals surface area contributed by atoms with Crippen LogP contribution >= 0.6 is 34.8 Å². The summed E-state index contributed by atoms with van der Waals surface area (Å²) in [6.07, 6.45) is 3.82. The maximum atomic E-state index is 6.48. The van der Waals surface area contributed by atoms with E-state index in [-0.39, 0.29) is 0 Å². The Hall–Kier alpha value is 0.01000. The van der Waals surface area contributed by atoms with Crippen molar-refractivity contribution >= 4 is 34.8 Å². The molecule has 1 aliphatic heterocycles. The first-order valence-electron chi connectivity index (χ1n) is 7.26. The standard InChI is InChI=1S/C15H19Cl3N2/c16-11-4-5-12(17)14(18)13(11)15(10-2-1-3-10)20-8-6-19-7-9-20/h4-5,10,15,19H,1-3,6-9H2/t15-/m1/s1. The van der Waals surface area contributed by atoms with Gasteiger partial charge in [0.1, 0.15) is 0 Å². The predicted molar refractivity (Wildman–Crippen MR) is 86.0 cm³/mol. The Kier molecular flexibility index (Phi) is 4.79. The van der Waals surface area contributed by atoms with Gasteiger partial charge in [0.05, 0.1) is 10.0 Å². The molecule has 1 atom stereocenters. The highest BCUT2D eigenvalue weighted by Gasteiger charge is 2.36. The van der Waals surface area contributed by atoms with Crippen LogP contribution in [0.1, 0.15) is 30.9 Å². The van der Waals surface area contributed by atoms with Gasteiger partial charge in [0.25, 0.3) is 0 Å². The minimum Gasteiger partial charge on any atom is -0.314 e. The lowest BCUT2D eigenvalue weighted by atomic mass is 9.76. The SMILES string of the molecule is Clc1ccc(Cl)c([C@@H](C2CCC2)N2CCNCC2)c1Cl. The Balaban J connectivity index is 1.98. The molecule has 0 radical (unpaired) electrons. The largest absolute Gasteiger partial charge is 0.314 e. The summed E-state index contributed by atoms with van der Waals surface area (Å²) in [7, 11) is 0. The third-order valence-electron chi connectivity index (χ3n) is 4.52. The monoisotopic (exact) mass is 332 g/mol. The summed E-state index contributed by atoms with van der Waals surface area (Å²) in [5.41, 5.74) is 1.03. The number of piperazine rings is 1. The van der Waals surface area contributed by atoms with E-state index < -0.39 is 0 Å². The summed E-state index contributed by atoms with van der Waals surface area (Å²) < 4.78 is 0. The highest BCUT2D eigenvalue weighted by molar-refractivity contribution is 6.44. The van der Waals surface area contributed by atoms with Crippen molar-refractivity contribution in [2.75, 3.05) is 26.2 Å². The molecule has 1 saturated carbocycles. The quantitative estimate of drug-likeness (QED) is 0.825. The van der Waals surface area contributed by atoms with Gasteiger partial charge in [-0.2, -0.15) is 0 Å². The third kappa shape index (κ3) is 2.82. The smallest absolute Gasteiger partial charge is 0.0655 e. The van der Waals surface area contributed by atoms with Gasteiger partial charge in [0.15, 0.2) is 0 Å². The lowest BCUT2D eigenvalue weighted by Gasteiger charge is -2.44. The van der Waals surface area contributed by atoms with Gasteiger partial charge < -0.3 is 5.32 Å². The Morgan fingerprint density at radius 2 is 1.70 bits per heavy atom. The topological polar surface area (TPSA) is 15.3 Å². The zero-order chi connectivity index (χ0) is 14.1. The van der Waals surface area contributed by atoms with Crippen LogP contribution in [0, 0.1) is 5.92 Å².